The fraction of sp³-hybridized carbons (Fsp3) is 0.385. The van der Waals surface area contributed by atoms with Crippen molar-refractivity contribution >= 4 is 11.7 Å². The number of fused-ring (bicyclic) bond motifs is 3. The number of nitrogens with zero attached hydrogens (tertiary/aromatic N) is 1. The number of nitrogens with one attached hydrogen (secondary N) is 1. The summed E-state index contributed by atoms with van der Waals surface area (Å²) in [5.74, 6) is -0.392. The molecule has 1 unspecified atom stereocenters. The first-order valence-corrected chi connectivity index (χ1v) is 5.81. The largest absolute Gasteiger partial charge is 0.467 e. The van der Waals surface area contributed by atoms with E-state index in [9.17, 15) is 4.79 Å². The van der Waals surface area contributed by atoms with Crippen LogP contribution in [0.25, 0.3) is 0 Å². The summed E-state index contributed by atoms with van der Waals surface area (Å²) in [6.07, 6.45) is 0.483. The van der Waals surface area contributed by atoms with Gasteiger partial charge in [-0.15, -0.1) is 0 Å². The number of benzene rings is 1. The van der Waals surface area contributed by atoms with E-state index < -0.39 is 11.6 Å². The van der Waals surface area contributed by atoms with Crippen LogP contribution < -0.4 is 5.43 Å². The second kappa shape index (κ2) is 3.81. The Kier molecular flexibility index (Phi) is 2.38. The second-order valence-corrected chi connectivity index (χ2v) is 4.56. The number of carbonyl (C=O) groups excluding carboxylic acids is 1. The Labute approximate surface area is 105 Å². The number of carbonyl (C=O) groups is 1. The third-order valence-corrected chi connectivity index (χ3v) is 3.43. The maximum atomic E-state index is 12.1. The SMILES string of the molecule is COC(=O)C12Cc3cc(C)ccc3C1=NNCO2. The summed E-state index contributed by atoms with van der Waals surface area (Å²) in [4.78, 5) is 12.1. The summed E-state index contributed by atoms with van der Waals surface area (Å²) in [6, 6.07) is 6.04. The molecule has 1 aliphatic carbocycles. The molecule has 1 atom stereocenters. The van der Waals surface area contributed by atoms with Crippen LogP contribution in [-0.2, 0) is 20.7 Å². The van der Waals surface area contributed by atoms with Gasteiger partial charge in [-0.2, -0.15) is 5.10 Å². The number of methoxy groups -OCH3 is 1. The molecule has 94 valence electrons. The number of ether oxygens (including phenoxy) is 2. The van der Waals surface area contributed by atoms with Gasteiger partial charge in [-0.1, -0.05) is 23.8 Å². The van der Waals surface area contributed by atoms with Gasteiger partial charge in [0, 0.05) is 12.0 Å². The van der Waals surface area contributed by atoms with Crippen LogP contribution in [0.15, 0.2) is 23.3 Å². The second-order valence-electron chi connectivity index (χ2n) is 4.56. The zero-order valence-corrected chi connectivity index (χ0v) is 10.3. The lowest BCUT2D eigenvalue weighted by atomic mass is 9.98. The Bertz CT molecular complexity index is 553. The number of rotatable bonds is 1. The standard InChI is InChI=1S/C13H14N2O3/c1-8-3-4-10-9(5-8)6-13(12(16)17-2)11(10)15-14-7-18-13/h3-5,14H,6-7H2,1-2H3. The molecule has 0 radical (unpaired) electrons. The van der Waals surface area contributed by atoms with Gasteiger partial charge in [-0.25, -0.2) is 4.79 Å². The predicted octanol–water partition coefficient (Wildman–Crippen LogP) is 0.744. The maximum absolute atomic E-state index is 12.1. The van der Waals surface area contributed by atoms with Crippen molar-refractivity contribution in [2.75, 3.05) is 13.8 Å². The predicted molar refractivity (Wildman–Crippen MR) is 65.3 cm³/mol. The van der Waals surface area contributed by atoms with Crippen LogP contribution in [0.2, 0.25) is 0 Å². The van der Waals surface area contributed by atoms with Crippen molar-refractivity contribution in [3.8, 4) is 0 Å². The molecule has 1 heterocycles. The third-order valence-electron chi connectivity index (χ3n) is 3.43. The lowest BCUT2D eigenvalue weighted by Gasteiger charge is -2.30. The topological polar surface area (TPSA) is 59.9 Å². The smallest absolute Gasteiger partial charge is 0.345 e. The Morgan fingerprint density at radius 2 is 2.39 bits per heavy atom. The van der Waals surface area contributed by atoms with Crippen LogP contribution in [-0.4, -0.2) is 31.1 Å². The average molecular weight is 246 g/mol. The normalized spacial score (nSPS) is 24.7. The van der Waals surface area contributed by atoms with Crippen molar-refractivity contribution < 1.29 is 14.3 Å². The van der Waals surface area contributed by atoms with Crippen LogP contribution in [0, 0.1) is 6.92 Å². The van der Waals surface area contributed by atoms with E-state index in [2.05, 4.69) is 16.6 Å². The molecule has 0 spiro atoms. The highest BCUT2D eigenvalue weighted by Crippen LogP contribution is 2.36. The molecule has 1 aromatic rings. The van der Waals surface area contributed by atoms with Crippen LogP contribution in [0.1, 0.15) is 16.7 Å². The van der Waals surface area contributed by atoms with E-state index in [4.69, 9.17) is 9.47 Å². The first kappa shape index (κ1) is 11.2. The van der Waals surface area contributed by atoms with Crippen molar-refractivity contribution in [2.24, 2.45) is 5.10 Å². The fourth-order valence-corrected chi connectivity index (χ4v) is 2.60. The van der Waals surface area contributed by atoms with Gasteiger partial charge < -0.3 is 9.47 Å². The van der Waals surface area contributed by atoms with Gasteiger partial charge in [0.15, 0.2) is 0 Å². The molecule has 1 aromatic carbocycles. The van der Waals surface area contributed by atoms with E-state index in [0.717, 1.165) is 16.7 Å². The van der Waals surface area contributed by atoms with E-state index in [1.54, 1.807) is 0 Å². The van der Waals surface area contributed by atoms with E-state index in [-0.39, 0.29) is 6.73 Å². The van der Waals surface area contributed by atoms with Crippen molar-refractivity contribution in [3.05, 3.63) is 34.9 Å². The van der Waals surface area contributed by atoms with Gasteiger partial charge in [-0.3, -0.25) is 5.43 Å². The average Bonchev–Trinajstić information content (AvgIpc) is 2.72. The monoisotopic (exact) mass is 246 g/mol. The van der Waals surface area contributed by atoms with Crippen LogP contribution in [0.4, 0.5) is 0 Å². The molecule has 0 bridgehead atoms. The molecule has 1 aliphatic heterocycles. The van der Waals surface area contributed by atoms with Gasteiger partial charge >= 0.3 is 5.97 Å². The Balaban J connectivity index is 2.16. The highest BCUT2D eigenvalue weighted by Gasteiger charge is 2.53. The van der Waals surface area contributed by atoms with Gasteiger partial charge in [0.05, 0.1) is 7.11 Å². The zero-order valence-electron chi connectivity index (χ0n) is 10.3. The molecular weight excluding hydrogens is 232 g/mol. The van der Waals surface area contributed by atoms with E-state index in [0.29, 0.717) is 12.1 Å². The molecule has 1 N–H and O–H groups in total. The van der Waals surface area contributed by atoms with E-state index in [1.807, 2.05) is 19.1 Å². The number of esters is 1. The molecule has 3 rings (SSSR count). The molecule has 5 heteroatoms. The summed E-state index contributed by atoms with van der Waals surface area (Å²) in [6.45, 7) is 2.24. The Hall–Kier alpha value is -1.88. The summed E-state index contributed by atoms with van der Waals surface area (Å²) >= 11 is 0. The molecule has 0 saturated carbocycles. The van der Waals surface area contributed by atoms with Crippen molar-refractivity contribution in [2.45, 2.75) is 18.9 Å². The highest BCUT2D eigenvalue weighted by molar-refractivity contribution is 6.21. The van der Waals surface area contributed by atoms with Crippen LogP contribution in [0.5, 0.6) is 0 Å². The minimum atomic E-state index is -1.07. The molecule has 0 aromatic heterocycles. The third kappa shape index (κ3) is 1.37. The first-order valence-electron chi connectivity index (χ1n) is 5.81. The molecule has 18 heavy (non-hydrogen) atoms. The van der Waals surface area contributed by atoms with Gasteiger partial charge in [0.25, 0.3) is 0 Å². The lowest BCUT2D eigenvalue weighted by Crippen LogP contribution is -2.53. The van der Waals surface area contributed by atoms with Crippen LogP contribution >= 0.6 is 0 Å². The Morgan fingerprint density at radius 3 is 3.17 bits per heavy atom. The highest BCUT2D eigenvalue weighted by atomic mass is 16.6. The fourth-order valence-electron chi connectivity index (χ4n) is 2.60. The summed E-state index contributed by atoms with van der Waals surface area (Å²) in [5, 5.41) is 4.24. The summed E-state index contributed by atoms with van der Waals surface area (Å²) < 4.78 is 10.5. The molecule has 0 fully saturated rings. The van der Waals surface area contributed by atoms with Gasteiger partial charge in [-0.05, 0) is 12.5 Å². The maximum Gasteiger partial charge on any atom is 0.345 e. The molecular formula is C13H14N2O3. The number of hydrogen-bond donors (Lipinski definition) is 1. The van der Waals surface area contributed by atoms with Gasteiger partial charge in [0.2, 0.25) is 5.60 Å². The minimum absolute atomic E-state index is 0.214. The van der Waals surface area contributed by atoms with Crippen molar-refractivity contribution in [3.63, 3.8) is 0 Å². The number of hydrogen-bond acceptors (Lipinski definition) is 5. The number of aryl methyl sites for hydroxylation is 1. The molecule has 2 aliphatic rings. The zero-order chi connectivity index (χ0) is 12.8. The summed E-state index contributed by atoms with van der Waals surface area (Å²) in [5.41, 5.74) is 5.50. The van der Waals surface area contributed by atoms with Crippen LogP contribution in [0.3, 0.4) is 0 Å². The molecule has 0 amide bonds. The summed E-state index contributed by atoms with van der Waals surface area (Å²) in [7, 11) is 1.37. The molecule has 5 nitrogen and oxygen atoms in total. The quantitative estimate of drug-likeness (QED) is 0.743. The van der Waals surface area contributed by atoms with Gasteiger partial charge in [0.1, 0.15) is 12.4 Å². The van der Waals surface area contributed by atoms with Crippen molar-refractivity contribution in [1.82, 2.24) is 5.43 Å². The Morgan fingerprint density at radius 1 is 1.56 bits per heavy atom. The lowest BCUT2D eigenvalue weighted by molar-refractivity contribution is -0.161. The minimum Gasteiger partial charge on any atom is -0.467 e. The van der Waals surface area contributed by atoms with E-state index in [1.165, 1.54) is 7.11 Å². The molecule has 0 saturated heterocycles. The first-order chi connectivity index (χ1) is 8.67. The van der Waals surface area contributed by atoms with E-state index >= 15 is 0 Å². The number of hydrazone groups is 1. The van der Waals surface area contributed by atoms with Crippen molar-refractivity contribution in [1.29, 1.82) is 0 Å².